The summed E-state index contributed by atoms with van der Waals surface area (Å²) in [5.74, 6) is 0.947. The van der Waals surface area contributed by atoms with Crippen molar-refractivity contribution in [3.63, 3.8) is 0 Å². The molecule has 0 aromatic carbocycles. The fourth-order valence-electron chi connectivity index (χ4n) is 1.93. The van der Waals surface area contributed by atoms with Crippen LogP contribution in [0.4, 0.5) is 13.2 Å². The Bertz CT molecular complexity index is 186. The first-order chi connectivity index (χ1) is 8.49. The first-order valence-corrected chi connectivity index (χ1v) is 7.52. The van der Waals surface area contributed by atoms with E-state index in [1.165, 1.54) is 24.2 Å². The molecule has 0 fully saturated rings. The summed E-state index contributed by atoms with van der Waals surface area (Å²) >= 11 is 4.15. The molecule has 0 N–H and O–H groups in total. The Kier molecular flexibility index (Phi) is 11.0. The van der Waals surface area contributed by atoms with Crippen molar-refractivity contribution in [3.05, 3.63) is 0 Å². The highest BCUT2D eigenvalue weighted by Gasteiger charge is 2.29. The van der Waals surface area contributed by atoms with Gasteiger partial charge in [-0.25, -0.2) is 0 Å². The molecule has 0 atom stereocenters. The summed E-state index contributed by atoms with van der Waals surface area (Å²) in [4.78, 5) is 1.47. The summed E-state index contributed by atoms with van der Waals surface area (Å²) in [6.45, 7) is 2.04. The van der Waals surface area contributed by atoms with Crippen LogP contribution in [0.1, 0.15) is 51.9 Å². The minimum absolute atomic E-state index is 0.474. The maximum Gasteiger partial charge on any atom is 0.401 e. The molecule has 1 nitrogen and oxygen atoms in total. The Morgan fingerprint density at radius 1 is 0.889 bits per heavy atom. The molecule has 0 unspecified atom stereocenters. The molecule has 0 bridgehead atoms. The highest BCUT2D eigenvalue weighted by Crippen LogP contribution is 2.17. The van der Waals surface area contributed by atoms with Crippen LogP contribution in [0.2, 0.25) is 0 Å². The molecule has 0 radical (unpaired) electrons. The molecule has 0 aliphatic carbocycles. The lowest BCUT2D eigenvalue weighted by Crippen LogP contribution is -2.34. The molecular weight excluding hydrogens is 259 g/mol. The van der Waals surface area contributed by atoms with E-state index in [1.54, 1.807) is 6.92 Å². The Morgan fingerprint density at radius 3 is 1.83 bits per heavy atom. The number of alkyl halides is 3. The standard InChI is InChI=1S/C13H26F3NS/c1-2-17(12-13(14,15)16)10-8-6-4-3-5-7-9-11-18/h18H,2-12H2,1H3. The zero-order valence-electron chi connectivity index (χ0n) is 11.3. The number of rotatable bonds is 11. The minimum Gasteiger partial charge on any atom is -0.295 e. The van der Waals surface area contributed by atoms with Crippen molar-refractivity contribution in [2.45, 2.75) is 58.0 Å². The molecule has 0 saturated heterocycles. The summed E-state index contributed by atoms with van der Waals surface area (Å²) in [6.07, 6.45) is 3.78. The summed E-state index contributed by atoms with van der Waals surface area (Å²) in [6, 6.07) is 0. The highest BCUT2D eigenvalue weighted by molar-refractivity contribution is 7.80. The normalized spacial score (nSPS) is 12.3. The SMILES string of the molecule is CCN(CCCCCCCCCS)CC(F)(F)F. The Hall–Kier alpha value is 0.100. The van der Waals surface area contributed by atoms with Crippen LogP contribution >= 0.6 is 12.6 Å². The fraction of sp³-hybridized carbons (Fsp3) is 1.00. The van der Waals surface area contributed by atoms with Crippen molar-refractivity contribution in [3.8, 4) is 0 Å². The Labute approximate surface area is 115 Å². The molecule has 0 saturated carbocycles. The number of hydrogen-bond donors (Lipinski definition) is 1. The zero-order valence-corrected chi connectivity index (χ0v) is 12.2. The first-order valence-electron chi connectivity index (χ1n) is 6.89. The van der Waals surface area contributed by atoms with E-state index in [0.29, 0.717) is 13.1 Å². The molecule has 0 aliphatic heterocycles. The van der Waals surface area contributed by atoms with E-state index in [1.807, 2.05) is 0 Å². The van der Waals surface area contributed by atoms with E-state index < -0.39 is 12.7 Å². The maximum atomic E-state index is 12.2. The molecule has 0 aromatic heterocycles. The van der Waals surface area contributed by atoms with Gasteiger partial charge in [-0.3, -0.25) is 4.90 Å². The predicted octanol–water partition coefficient (Wildman–Crippen LogP) is 4.53. The van der Waals surface area contributed by atoms with Crippen molar-refractivity contribution < 1.29 is 13.2 Å². The van der Waals surface area contributed by atoms with Crippen LogP contribution < -0.4 is 0 Å². The van der Waals surface area contributed by atoms with Crippen LogP contribution in [0, 0.1) is 0 Å². The lowest BCUT2D eigenvalue weighted by Gasteiger charge is -2.21. The van der Waals surface area contributed by atoms with E-state index in [0.717, 1.165) is 31.4 Å². The maximum absolute atomic E-state index is 12.2. The van der Waals surface area contributed by atoms with Crippen LogP contribution in [0.5, 0.6) is 0 Å². The third-order valence-electron chi connectivity index (χ3n) is 2.98. The van der Waals surface area contributed by atoms with E-state index >= 15 is 0 Å². The van der Waals surface area contributed by atoms with E-state index in [4.69, 9.17) is 0 Å². The van der Waals surface area contributed by atoms with Crippen LogP contribution in [-0.2, 0) is 0 Å². The topological polar surface area (TPSA) is 3.24 Å². The summed E-state index contributed by atoms with van der Waals surface area (Å²) in [5, 5.41) is 0. The van der Waals surface area contributed by atoms with Gasteiger partial charge in [0.05, 0.1) is 6.54 Å². The van der Waals surface area contributed by atoms with Crippen molar-refractivity contribution in [2.75, 3.05) is 25.4 Å². The van der Waals surface area contributed by atoms with Crippen molar-refractivity contribution in [1.82, 2.24) is 4.90 Å². The van der Waals surface area contributed by atoms with Gasteiger partial charge in [0.1, 0.15) is 0 Å². The van der Waals surface area contributed by atoms with Gasteiger partial charge in [0, 0.05) is 0 Å². The van der Waals surface area contributed by atoms with Gasteiger partial charge in [0.25, 0.3) is 0 Å². The van der Waals surface area contributed by atoms with Crippen molar-refractivity contribution in [1.29, 1.82) is 0 Å². The molecule has 5 heteroatoms. The number of thiol groups is 1. The Morgan fingerprint density at radius 2 is 1.39 bits per heavy atom. The molecular formula is C13H26F3NS. The number of halogens is 3. The summed E-state index contributed by atoms with van der Waals surface area (Å²) in [5.41, 5.74) is 0. The van der Waals surface area contributed by atoms with Gasteiger partial charge in [0.15, 0.2) is 0 Å². The summed E-state index contributed by atoms with van der Waals surface area (Å²) in [7, 11) is 0. The van der Waals surface area contributed by atoms with Crippen molar-refractivity contribution in [2.24, 2.45) is 0 Å². The van der Waals surface area contributed by atoms with E-state index in [2.05, 4.69) is 12.6 Å². The van der Waals surface area contributed by atoms with Gasteiger partial charge in [-0.2, -0.15) is 25.8 Å². The second-order valence-electron chi connectivity index (χ2n) is 4.68. The van der Waals surface area contributed by atoms with Crippen LogP contribution in [0.15, 0.2) is 0 Å². The van der Waals surface area contributed by atoms with Gasteiger partial charge in [-0.15, -0.1) is 0 Å². The molecule has 0 aliphatic rings. The predicted molar refractivity (Wildman–Crippen MR) is 74.3 cm³/mol. The quantitative estimate of drug-likeness (QED) is 0.431. The van der Waals surface area contributed by atoms with Crippen molar-refractivity contribution >= 4 is 12.6 Å². The second kappa shape index (κ2) is 11.0. The summed E-state index contributed by atoms with van der Waals surface area (Å²) < 4.78 is 36.6. The molecule has 0 heterocycles. The van der Waals surface area contributed by atoms with Crippen LogP contribution in [0.25, 0.3) is 0 Å². The molecule has 110 valence electrons. The first kappa shape index (κ1) is 18.1. The van der Waals surface area contributed by atoms with Crippen LogP contribution in [0.3, 0.4) is 0 Å². The van der Waals surface area contributed by atoms with Gasteiger partial charge in [0.2, 0.25) is 0 Å². The van der Waals surface area contributed by atoms with Gasteiger partial charge < -0.3 is 0 Å². The largest absolute Gasteiger partial charge is 0.401 e. The average Bonchev–Trinajstić information content (AvgIpc) is 2.29. The lowest BCUT2D eigenvalue weighted by molar-refractivity contribution is -0.145. The second-order valence-corrected chi connectivity index (χ2v) is 5.13. The third-order valence-corrected chi connectivity index (χ3v) is 3.30. The fourth-order valence-corrected chi connectivity index (χ4v) is 2.16. The number of unbranched alkanes of at least 4 members (excludes halogenated alkanes) is 6. The molecule has 0 rings (SSSR count). The molecule has 0 spiro atoms. The third kappa shape index (κ3) is 12.6. The molecule has 0 amide bonds. The average molecular weight is 285 g/mol. The van der Waals surface area contributed by atoms with E-state index in [-0.39, 0.29) is 0 Å². The number of hydrogen-bond acceptors (Lipinski definition) is 2. The van der Waals surface area contributed by atoms with Gasteiger partial charge in [-0.1, -0.05) is 39.0 Å². The smallest absolute Gasteiger partial charge is 0.295 e. The van der Waals surface area contributed by atoms with Crippen LogP contribution in [-0.4, -0.2) is 36.5 Å². The minimum atomic E-state index is -4.07. The molecule has 0 aromatic rings. The van der Waals surface area contributed by atoms with Gasteiger partial charge in [-0.05, 0) is 31.7 Å². The highest BCUT2D eigenvalue weighted by atomic mass is 32.1. The van der Waals surface area contributed by atoms with Gasteiger partial charge >= 0.3 is 6.18 Å². The zero-order chi connectivity index (χ0) is 13.9. The lowest BCUT2D eigenvalue weighted by atomic mass is 10.1. The molecule has 18 heavy (non-hydrogen) atoms. The van der Waals surface area contributed by atoms with E-state index in [9.17, 15) is 13.2 Å². The monoisotopic (exact) mass is 285 g/mol. The number of nitrogens with zero attached hydrogens (tertiary/aromatic N) is 1. The Balaban J connectivity index is 3.40.